The molecule has 0 heterocycles. The van der Waals surface area contributed by atoms with Gasteiger partial charge in [0, 0.05) is 5.71 Å². The number of hydrogen-bond acceptors (Lipinski definition) is 2. The Kier molecular flexibility index (Phi) is 4.53. The quantitative estimate of drug-likeness (QED) is 0.591. The van der Waals surface area contributed by atoms with E-state index in [-0.39, 0.29) is 5.54 Å². The Morgan fingerprint density at radius 3 is 2.38 bits per heavy atom. The van der Waals surface area contributed by atoms with Crippen LogP contribution in [-0.4, -0.2) is 5.71 Å². The minimum atomic E-state index is -0.0717. The second-order valence-corrected chi connectivity index (χ2v) is 4.36. The summed E-state index contributed by atoms with van der Waals surface area (Å²) in [5, 5.41) is 4.43. The second kappa shape index (κ2) is 5.69. The number of rotatable bonds is 5. The Labute approximate surface area is 98.8 Å². The highest BCUT2D eigenvalue weighted by Gasteiger charge is 2.23. The topological polar surface area (TPSA) is 24.4 Å². The third-order valence-electron chi connectivity index (χ3n) is 3.12. The van der Waals surface area contributed by atoms with Crippen LogP contribution in [0.1, 0.15) is 46.1 Å². The lowest BCUT2D eigenvalue weighted by Gasteiger charge is -2.28. The van der Waals surface area contributed by atoms with E-state index in [1.165, 1.54) is 5.56 Å². The van der Waals surface area contributed by atoms with Crippen LogP contribution in [0.15, 0.2) is 35.4 Å². The van der Waals surface area contributed by atoms with Gasteiger partial charge in [-0.1, -0.05) is 44.2 Å². The maximum Gasteiger partial charge on any atom is 0.0766 e. The molecule has 1 rings (SSSR count). The van der Waals surface area contributed by atoms with Crippen molar-refractivity contribution in [1.82, 2.24) is 5.43 Å². The van der Waals surface area contributed by atoms with E-state index in [4.69, 9.17) is 0 Å². The first-order valence-electron chi connectivity index (χ1n) is 5.98. The molecule has 0 radical (unpaired) electrons. The fraction of sp³-hybridized carbons (Fsp3) is 0.500. The summed E-state index contributed by atoms with van der Waals surface area (Å²) >= 11 is 0. The standard InChI is InChI=1S/C14H22N2/c1-5-12(3)15-16-14(4,6-2)13-10-8-7-9-11-13/h7-11,16H,5-6H2,1-4H3. The summed E-state index contributed by atoms with van der Waals surface area (Å²) in [6.45, 7) is 8.53. The third-order valence-corrected chi connectivity index (χ3v) is 3.12. The molecule has 1 aromatic carbocycles. The Balaban J connectivity index is 2.86. The fourth-order valence-corrected chi connectivity index (χ4v) is 1.45. The minimum Gasteiger partial charge on any atom is -0.300 e. The monoisotopic (exact) mass is 218 g/mol. The highest BCUT2D eigenvalue weighted by molar-refractivity contribution is 5.81. The molecule has 0 aliphatic carbocycles. The molecule has 1 aromatic rings. The summed E-state index contributed by atoms with van der Waals surface area (Å²) in [6.07, 6.45) is 2.00. The molecule has 0 aromatic heterocycles. The minimum absolute atomic E-state index is 0.0717. The Morgan fingerprint density at radius 1 is 1.25 bits per heavy atom. The molecule has 1 atom stereocenters. The van der Waals surface area contributed by atoms with Crippen molar-refractivity contribution >= 4 is 5.71 Å². The number of benzene rings is 1. The van der Waals surface area contributed by atoms with Gasteiger partial charge in [0.25, 0.3) is 0 Å². The van der Waals surface area contributed by atoms with Gasteiger partial charge in [-0.3, -0.25) is 5.43 Å². The van der Waals surface area contributed by atoms with Gasteiger partial charge in [-0.15, -0.1) is 0 Å². The van der Waals surface area contributed by atoms with E-state index in [9.17, 15) is 0 Å². The Morgan fingerprint density at radius 2 is 1.88 bits per heavy atom. The van der Waals surface area contributed by atoms with Crippen molar-refractivity contribution in [2.75, 3.05) is 0 Å². The summed E-state index contributed by atoms with van der Waals surface area (Å²) in [7, 11) is 0. The van der Waals surface area contributed by atoms with Crippen LogP contribution >= 0.6 is 0 Å². The second-order valence-electron chi connectivity index (χ2n) is 4.36. The van der Waals surface area contributed by atoms with Gasteiger partial charge in [-0.05, 0) is 32.3 Å². The fourth-order valence-electron chi connectivity index (χ4n) is 1.45. The van der Waals surface area contributed by atoms with Crippen molar-refractivity contribution in [2.45, 2.75) is 46.1 Å². The van der Waals surface area contributed by atoms with Crippen molar-refractivity contribution in [3.63, 3.8) is 0 Å². The predicted octanol–water partition coefficient (Wildman–Crippen LogP) is 3.69. The lowest BCUT2D eigenvalue weighted by molar-refractivity contribution is 0.363. The summed E-state index contributed by atoms with van der Waals surface area (Å²) in [5.74, 6) is 0. The van der Waals surface area contributed by atoms with Gasteiger partial charge >= 0.3 is 0 Å². The maximum absolute atomic E-state index is 4.43. The van der Waals surface area contributed by atoms with Crippen LogP contribution in [0.2, 0.25) is 0 Å². The van der Waals surface area contributed by atoms with E-state index in [0.29, 0.717) is 0 Å². The van der Waals surface area contributed by atoms with Gasteiger partial charge in [-0.25, -0.2) is 0 Å². The van der Waals surface area contributed by atoms with Crippen molar-refractivity contribution in [2.24, 2.45) is 5.10 Å². The molecule has 2 nitrogen and oxygen atoms in total. The van der Waals surface area contributed by atoms with Crippen LogP contribution in [0.4, 0.5) is 0 Å². The lowest BCUT2D eigenvalue weighted by Crippen LogP contribution is -2.35. The highest BCUT2D eigenvalue weighted by Crippen LogP contribution is 2.23. The lowest BCUT2D eigenvalue weighted by atomic mass is 9.90. The predicted molar refractivity (Wildman–Crippen MR) is 70.6 cm³/mol. The molecule has 2 heteroatoms. The first-order chi connectivity index (χ1) is 7.62. The first kappa shape index (κ1) is 12.8. The van der Waals surface area contributed by atoms with Gasteiger partial charge in [-0.2, -0.15) is 5.10 Å². The average Bonchev–Trinajstić information content (AvgIpc) is 2.36. The molecule has 0 amide bonds. The zero-order chi connectivity index (χ0) is 12.0. The Bertz CT molecular complexity index is 343. The molecule has 0 fully saturated rings. The van der Waals surface area contributed by atoms with Gasteiger partial charge in [0.15, 0.2) is 0 Å². The third kappa shape index (κ3) is 3.09. The van der Waals surface area contributed by atoms with Crippen LogP contribution in [0.5, 0.6) is 0 Å². The zero-order valence-corrected chi connectivity index (χ0v) is 10.7. The maximum atomic E-state index is 4.43. The molecular formula is C14H22N2. The van der Waals surface area contributed by atoms with E-state index in [1.54, 1.807) is 0 Å². The smallest absolute Gasteiger partial charge is 0.0766 e. The van der Waals surface area contributed by atoms with E-state index in [0.717, 1.165) is 18.6 Å². The molecule has 1 unspecified atom stereocenters. The summed E-state index contributed by atoms with van der Waals surface area (Å²) in [4.78, 5) is 0. The number of hydrogen-bond donors (Lipinski definition) is 1. The summed E-state index contributed by atoms with van der Waals surface area (Å²) < 4.78 is 0. The van der Waals surface area contributed by atoms with Crippen molar-refractivity contribution in [3.8, 4) is 0 Å². The van der Waals surface area contributed by atoms with E-state index >= 15 is 0 Å². The number of nitrogens with zero attached hydrogens (tertiary/aromatic N) is 1. The Hall–Kier alpha value is -1.31. The van der Waals surface area contributed by atoms with Gasteiger partial charge in [0.2, 0.25) is 0 Å². The first-order valence-corrected chi connectivity index (χ1v) is 5.98. The van der Waals surface area contributed by atoms with E-state index in [1.807, 2.05) is 13.0 Å². The molecule has 0 saturated heterocycles. The molecule has 0 aliphatic heterocycles. The molecule has 1 N–H and O–H groups in total. The SMILES string of the molecule is CCC(C)=NNC(C)(CC)c1ccccc1. The largest absolute Gasteiger partial charge is 0.300 e. The molecule has 88 valence electrons. The average molecular weight is 218 g/mol. The van der Waals surface area contributed by atoms with Crippen LogP contribution < -0.4 is 5.43 Å². The zero-order valence-electron chi connectivity index (χ0n) is 10.7. The molecular weight excluding hydrogens is 196 g/mol. The molecule has 0 aliphatic rings. The van der Waals surface area contributed by atoms with Crippen LogP contribution in [0.3, 0.4) is 0 Å². The highest BCUT2D eigenvalue weighted by atomic mass is 15.3. The molecule has 0 spiro atoms. The molecule has 0 saturated carbocycles. The molecule has 0 bridgehead atoms. The van der Waals surface area contributed by atoms with Gasteiger partial charge in [0.05, 0.1) is 5.54 Å². The van der Waals surface area contributed by atoms with Crippen LogP contribution in [0, 0.1) is 0 Å². The normalized spacial score (nSPS) is 15.6. The van der Waals surface area contributed by atoms with Gasteiger partial charge < -0.3 is 0 Å². The van der Waals surface area contributed by atoms with Crippen LogP contribution in [0.25, 0.3) is 0 Å². The number of nitrogens with one attached hydrogen (secondary N) is 1. The van der Waals surface area contributed by atoms with E-state index in [2.05, 4.69) is 55.6 Å². The van der Waals surface area contributed by atoms with Crippen LogP contribution in [-0.2, 0) is 5.54 Å². The number of hydrazone groups is 1. The summed E-state index contributed by atoms with van der Waals surface area (Å²) in [5.41, 5.74) is 5.65. The van der Waals surface area contributed by atoms with E-state index < -0.39 is 0 Å². The van der Waals surface area contributed by atoms with Crippen molar-refractivity contribution in [3.05, 3.63) is 35.9 Å². The van der Waals surface area contributed by atoms with Crippen molar-refractivity contribution < 1.29 is 0 Å². The van der Waals surface area contributed by atoms with Crippen molar-refractivity contribution in [1.29, 1.82) is 0 Å². The molecule has 16 heavy (non-hydrogen) atoms. The van der Waals surface area contributed by atoms with Gasteiger partial charge in [0.1, 0.15) is 0 Å². The summed E-state index contributed by atoms with van der Waals surface area (Å²) in [6, 6.07) is 10.5.